The molecule has 0 bridgehead atoms. The minimum absolute atomic E-state index is 0.817. The Kier molecular flexibility index (Phi) is 6.09. The summed E-state index contributed by atoms with van der Waals surface area (Å²) in [6, 6.07) is 25.6. The number of imidazole rings is 1. The highest BCUT2D eigenvalue weighted by atomic mass is 15.1. The van der Waals surface area contributed by atoms with Gasteiger partial charge in [-0.3, -0.25) is 0 Å². The number of aromatic nitrogens is 2. The van der Waals surface area contributed by atoms with Crippen molar-refractivity contribution in [3.63, 3.8) is 0 Å². The van der Waals surface area contributed by atoms with Crippen LogP contribution >= 0.6 is 0 Å². The van der Waals surface area contributed by atoms with Gasteiger partial charge in [-0.2, -0.15) is 0 Å². The van der Waals surface area contributed by atoms with Crippen LogP contribution in [-0.2, 0) is 6.54 Å². The number of aryl methyl sites for hydroxylation is 1. The normalized spacial score (nSPS) is 12.3. The number of rotatable bonds is 8. The molecule has 1 aromatic heterocycles. The highest BCUT2D eigenvalue weighted by Crippen LogP contribution is 2.30. The molecule has 4 rings (SSSR count). The first kappa shape index (κ1) is 19.4. The first-order valence-electron chi connectivity index (χ1n) is 10.9. The second-order valence-electron chi connectivity index (χ2n) is 8.05. The highest BCUT2D eigenvalue weighted by molar-refractivity contribution is 5.95. The molecular weight excluding hydrogens is 352 g/mol. The van der Waals surface area contributed by atoms with Gasteiger partial charge in [0.05, 0.1) is 5.69 Å². The van der Waals surface area contributed by atoms with Crippen LogP contribution in [0, 0.1) is 5.92 Å². The molecule has 4 aromatic rings. The monoisotopic (exact) mass is 382 g/mol. The average Bonchev–Trinajstić information content (AvgIpc) is 3.20. The molecule has 1 atom stereocenters. The molecular formula is C27H30N2. The molecule has 0 aliphatic carbocycles. The Morgan fingerprint density at radius 2 is 1.62 bits per heavy atom. The average molecular weight is 383 g/mol. The zero-order valence-electron chi connectivity index (χ0n) is 17.5. The molecule has 29 heavy (non-hydrogen) atoms. The second kappa shape index (κ2) is 9.09. The molecule has 0 aliphatic rings. The van der Waals surface area contributed by atoms with Crippen molar-refractivity contribution >= 4 is 10.8 Å². The third-order valence-corrected chi connectivity index (χ3v) is 5.92. The molecule has 2 nitrogen and oxygen atoms in total. The van der Waals surface area contributed by atoms with Crippen LogP contribution in [0.4, 0.5) is 0 Å². The zero-order chi connectivity index (χ0) is 20.1. The summed E-state index contributed by atoms with van der Waals surface area (Å²) in [7, 11) is 0. The van der Waals surface area contributed by atoms with Gasteiger partial charge in [0.2, 0.25) is 0 Å². The minimum Gasteiger partial charge on any atom is -0.330 e. The summed E-state index contributed by atoms with van der Waals surface area (Å²) in [4.78, 5) is 5.09. The molecule has 2 heteroatoms. The van der Waals surface area contributed by atoms with Gasteiger partial charge < -0.3 is 4.57 Å². The van der Waals surface area contributed by atoms with Crippen molar-refractivity contribution in [1.82, 2.24) is 9.55 Å². The van der Waals surface area contributed by atoms with Gasteiger partial charge in [0, 0.05) is 23.9 Å². The van der Waals surface area contributed by atoms with Crippen LogP contribution in [0.3, 0.4) is 0 Å². The molecule has 3 aromatic carbocycles. The lowest BCUT2D eigenvalue weighted by Crippen LogP contribution is -2.01. The van der Waals surface area contributed by atoms with Gasteiger partial charge in [-0.05, 0) is 23.1 Å². The zero-order valence-corrected chi connectivity index (χ0v) is 17.5. The summed E-state index contributed by atoms with van der Waals surface area (Å²) in [6.07, 6.45) is 7.28. The van der Waals surface area contributed by atoms with Crippen LogP contribution in [-0.4, -0.2) is 9.55 Å². The molecule has 0 N–H and O–H groups in total. The maximum absolute atomic E-state index is 5.09. The molecule has 0 saturated heterocycles. The van der Waals surface area contributed by atoms with Crippen LogP contribution in [0.15, 0.2) is 79.0 Å². The molecule has 0 radical (unpaired) electrons. The van der Waals surface area contributed by atoms with Crippen molar-refractivity contribution in [3.8, 4) is 22.6 Å². The van der Waals surface area contributed by atoms with E-state index in [1.165, 1.54) is 47.6 Å². The van der Waals surface area contributed by atoms with Gasteiger partial charge in [0.1, 0.15) is 5.82 Å². The summed E-state index contributed by atoms with van der Waals surface area (Å²) in [5, 5.41) is 2.52. The lowest BCUT2D eigenvalue weighted by atomic mass is 10.0. The van der Waals surface area contributed by atoms with Crippen LogP contribution < -0.4 is 0 Å². The molecule has 0 aliphatic heterocycles. The number of fused-ring (bicyclic) bond motifs is 1. The number of hydrogen-bond donors (Lipinski definition) is 0. The maximum atomic E-state index is 5.09. The third kappa shape index (κ3) is 4.42. The Bertz CT molecular complexity index is 1060. The first-order valence-corrected chi connectivity index (χ1v) is 10.9. The fourth-order valence-corrected chi connectivity index (χ4v) is 3.96. The van der Waals surface area contributed by atoms with Gasteiger partial charge >= 0.3 is 0 Å². The molecule has 0 saturated carbocycles. The van der Waals surface area contributed by atoms with Crippen molar-refractivity contribution in [2.45, 2.75) is 46.1 Å². The van der Waals surface area contributed by atoms with Gasteiger partial charge in [-0.1, -0.05) is 106 Å². The summed E-state index contributed by atoms with van der Waals surface area (Å²) >= 11 is 0. The van der Waals surface area contributed by atoms with E-state index < -0.39 is 0 Å². The molecule has 1 unspecified atom stereocenters. The highest BCUT2D eigenvalue weighted by Gasteiger charge is 2.13. The van der Waals surface area contributed by atoms with E-state index in [4.69, 9.17) is 4.98 Å². The van der Waals surface area contributed by atoms with E-state index in [9.17, 15) is 0 Å². The minimum atomic E-state index is 0.817. The van der Waals surface area contributed by atoms with E-state index in [1.807, 2.05) is 0 Å². The van der Waals surface area contributed by atoms with Crippen molar-refractivity contribution in [2.24, 2.45) is 5.92 Å². The van der Waals surface area contributed by atoms with Crippen molar-refractivity contribution in [1.29, 1.82) is 0 Å². The van der Waals surface area contributed by atoms with E-state index in [-0.39, 0.29) is 0 Å². The van der Waals surface area contributed by atoms with E-state index in [1.54, 1.807) is 0 Å². The predicted octanol–water partition coefficient (Wildman–Crippen LogP) is 7.59. The summed E-state index contributed by atoms with van der Waals surface area (Å²) < 4.78 is 2.35. The Morgan fingerprint density at radius 1 is 0.862 bits per heavy atom. The number of nitrogens with zero attached hydrogens (tertiary/aromatic N) is 2. The van der Waals surface area contributed by atoms with Crippen LogP contribution in [0.2, 0.25) is 0 Å². The van der Waals surface area contributed by atoms with E-state index in [2.05, 4.69) is 97.4 Å². The number of hydrogen-bond acceptors (Lipinski definition) is 1. The Morgan fingerprint density at radius 3 is 2.45 bits per heavy atom. The maximum Gasteiger partial charge on any atom is 0.140 e. The SMILES string of the molecule is CCC(C)CCCCn1cc(-c2cccc3ccccc23)nc1-c1ccccc1. The van der Waals surface area contributed by atoms with Gasteiger partial charge in [0.25, 0.3) is 0 Å². The molecule has 0 spiro atoms. The van der Waals surface area contributed by atoms with E-state index >= 15 is 0 Å². The van der Waals surface area contributed by atoms with Gasteiger partial charge in [-0.15, -0.1) is 0 Å². The lowest BCUT2D eigenvalue weighted by Gasteiger charge is -2.10. The number of unbranched alkanes of at least 4 members (excludes halogenated alkanes) is 1. The first-order chi connectivity index (χ1) is 14.3. The molecule has 0 fully saturated rings. The topological polar surface area (TPSA) is 17.8 Å². The Hall–Kier alpha value is -2.87. The van der Waals surface area contributed by atoms with Crippen molar-refractivity contribution in [2.75, 3.05) is 0 Å². The van der Waals surface area contributed by atoms with Gasteiger partial charge in [-0.25, -0.2) is 4.98 Å². The van der Waals surface area contributed by atoms with Crippen molar-refractivity contribution < 1.29 is 0 Å². The summed E-state index contributed by atoms with van der Waals surface area (Å²) in [5.41, 5.74) is 3.45. The quantitative estimate of drug-likeness (QED) is 0.287. The lowest BCUT2D eigenvalue weighted by molar-refractivity contribution is 0.469. The largest absolute Gasteiger partial charge is 0.330 e. The van der Waals surface area contributed by atoms with E-state index in [0.717, 1.165) is 24.0 Å². The smallest absolute Gasteiger partial charge is 0.140 e. The standard InChI is InChI=1S/C27H30N2/c1-3-21(2)12-9-10-19-29-20-26(28-27(29)23-14-5-4-6-15-23)25-18-11-16-22-13-7-8-17-24(22)25/h4-8,11,13-18,20-21H,3,9-10,12,19H2,1-2H3. The second-order valence-corrected chi connectivity index (χ2v) is 8.05. The van der Waals surface area contributed by atoms with Crippen LogP contribution in [0.5, 0.6) is 0 Å². The summed E-state index contributed by atoms with van der Waals surface area (Å²) in [5.74, 6) is 1.88. The van der Waals surface area contributed by atoms with Crippen LogP contribution in [0.25, 0.3) is 33.4 Å². The van der Waals surface area contributed by atoms with Crippen molar-refractivity contribution in [3.05, 3.63) is 79.0 Å². The fraction of sp³-hybridized carbons (Fsp3) is 0.296. The molecule has 1 heterocycles. The third-order valence-electron chi connectivity index (χ3n) is 5.92. The number of benzene rings is 3. The van der Waals surface area contributed by atoms with Crippen LogP contribution in [0.1, 0.15) is 39.5 Å². The Balaban J connectivity index is 1.68. The van der Waals surface area contributed by atoms with Gasteiger partial charge in [0.15, 0.2) is 0 Å². The fourth-order valence-electron chi connectivity index (χ4n) is 3.96. The molecule has 148 valence electrons. The Labute approximate surface area is 174 Å². The van der Waals surface area contributed by atoms with E-state index in [0.29, 0.717) is 0 Å². The summed E-state index contributed by atoms with van der Waals surface area (Å²) in [6.45, 7) is 5.65. The molecule has 0 amide bonds. The predicted molar refractivity (Wildman–Crippen MR) is 124 cm³/mol.